The second-order valence-electron chi connectivity index (χ2n) is 6.63. The fraction of sp³-hybridized carbons (Fsp3) is 0.333. The minimum atomic E-state index is -0.542. The third-order valence-corrected chi connectivity index (χ3v) is 4.43. The van der Waals surface area contributed by atoms with Crippen LogP contribution >= 0.6 is 0 Å². The van der Waals surface area contributed by atoms with E-state index in [4.69, 9.17) is 4.74 Å². The topological polar surface area (TPSA) is 58.6 Å². The number of imide groups is 1. The first kappa shape index (κ1) is 18.0. The molecular formula is C21H24N2O3. The number of aryl methyl sites for hydroxylation is 2. The number of hydrogen-bond donors (Lipinski definition) is 1. The monoisotopic (exact) mass is 352 g/mol. The molecule has 0 aliphatic carbocycles. The Morgan fingerprint density at radius 2 is 1.85 bits per heavy atom. The Kier molecular flexibility index (Phi) is 5.26. The van der Waals surface area contributed by atoms with Crippen molar-refractivity contribution in [2.24, 2.45) is 0 Å². The largest absolute Gasteiger partial charge is 0.494 e. The van der Waals surface area contributed by atoms with E-state index in [2.05, 4.69) is 11.4 Å². The van der Waals surface area contributed by atoms with Gasteiger partial charge in [-0.3, -0.25) is 9.59 Å². The van der Waals surface area contributed by atoms with Crippen LogP contribution in [0.15, 0.2) is 42.5 Å². The van der Waals surface area contributed by atoms with Crippen molar-refractivity contribution in [1.82, 2.24) is 0 Å². The highest BCUT2D eigenvalue weighted by Gasteiger charge is 2.39. The Morgan fingerprint density at radius 1 is 1.12 bits per heavy atom. The van der Waals surface area contributed by atoms with Crippen LogP contribution < -0.4 is 15.0 Å². The van der Waals surface area contributed by atoms with Crippen LogP contribution in [-0.2, 0) is 9.59 Å². The van der Waals surface area contributed by atoms with E-state index < -0.39 is 6.04 Å². The van der Waals surface area contributed by atoms with E-state index >= 15 is 0 Å². The van der Waals surface area contributed by atoms with E-state index in [1.165, 1.54) is 4.90 Å². The van der Waals surface area contributed by atoms with E-state index in [9.17, 15) is 9.59 Å². The first-order valence-electron chi connectivity index (χ1n) is 8.93. The Bertz CT molecular complexity index is 815. The maximum absolute atomic E-state index is 12.8. The zero-order chi connectivity index (χ0) is 18.7. The van der Waals surface area contributed by atoms with Gasteiger partial charge in [0.05, 0.1) is 18.7 Å². The molecular weight excluding hydrogens is 328 g/mol. The Labute approximate surface area is 154 Å². The first-order chi connectivity index (χ1) is 12.5. The van der Waals surface area contributed by atoms with Gasteiger partial charge in [0.1, 0.15) is 11.8 Å². The van der Waals surface area contributed by atoms with Crippen LogP contribution in [0.3, 0.4) is 0 Å². The van der Waals surface area contributed by atoms with Crippen LogP contribution in [0.25, 0.3) is 0 Å². The van der Waals surface area contributed by atoms with Crippen LogP contribution in [0, 0.1) is 13.8 Å². The highest BCUT2D eigenvalue weighted by molar-refractivity contribution is 6.23. The van der Waals surface area contributed by atoms with E-state index in [0.717, 1.165) is 29.0 Å². The number of rotatable bonds is 6. The van der Waals surface area contributed by atoms with Crippen molar-refractivity contribution in [3.63, 3.8) is 0 Å². The van der Waals surface area contributed by atoms with Gasteiger partial charge in [0, 0.05) is 5.69 Å². The molecule has 0 radical (unpaired) electrons. The summed E-state index contributed by atoms with van der Waals surface area (Å²) in [5, 5.41) is 3.22. The Hall–Kier alpha value is -2.82. The van der Waals surface area contributed by atoms with Gasteiger partial charge in [-0.05, 0) is 56.2 Å². The molecule has 0 spiro atoms. The van der Waals surface area contributed by atoms with Gasteiger partial charge in [0.15, 0.2) is 0 Å². The quantitative estimate of drug-likeness (QED) is 0.803. The van der Waals surface area contributed by atoms with Crippen LogP contribution in [-0.4, -0.2) is 24.5 Å². The zero-order valence-corrected chi connectivity index (χ0v) is 15.4. The molecule has 1 saturated heterocycles. The third kappa shape index (κ3) is 3.72. The summed E-state index contributed by atoms with van der Waals surface area (Å²) in [6, 6.07) is 12.5. The van der Waals surface area contributed by atoms with Crippen LogP contribution in [0.4, 0.5) is 11.4 Å². The molecule has 1 N–H and O–H groups in total. The van der Waals surface area contributed by atoms with E-state index in [-0.39, 0.29) is 18.2 Å². The van der Waals surface area contributed by atoms with Crippen LogP contribution in [0.1, 0.15) is 30.9 Å². The molecule has 1 aliphatic rings. The molecule has 5 nitrogen and oxygen atoms in total. The standard InChI is InChI=1S/C21H24N2O3/c1-4-11-26-17-8-6-16(7-9-17)23-20(24)13-19(21(23)25)22-18-10-5-14(2)12-15(18)3/h5-10,12,19,22H,4,11,13H2,1-3H3. The van der Waals surface area contributed by atoms with Gasteiger partial charge in [-0.25, -0.2) is 4.90 Å². The van der Waals surface area contributed by atoms with Gasteiger partial charge < -0.3 is 10.1 Å². The number of ether oxygens (including phenoxy) is 1. The number of carbonyl (C=O) groups is 2. The molecule has 2 amide bonds. The third-order valence-electron chi connectivity index (χ3n) is 4.43. The number of nitrogens with one attached hydrogen (secondary N) is 1. The predicted molar refractivity (Wildman–Crippen MR) is 103 cm³/mol. The van der Waals surface area contributed by atoms with Crippen molar-refractivity contribution in [2.75, 3.05) is 16.8 Å². The average Bonchev–Trinajstić information content (AvgIpc) is 2.90. The average molecular weight is 352 g/mol. The molecule has 0 aromatic heterocycles. The number of benzene rings is 2. The van der Waals surface area contributed by atoms with E-state index in [1.807, 2.05) is 32.9 Å². The lowest BCUT2D eigenvalue weighted by Crippen LogP contribution is -2.34. The predicted octanol–water partition coefficient (Wildman–Crippen LogP) is 3.84. The maximum atomic E-state index is 12.8. The van der Waals surface area contributed by atoms with Crippen molar-refractivity contribution in [3.8, 4) is 5.75 Å². The van der Waals surface area contributed by atoms with Crippen molar-refractivity contribution in [2.45, 2.75) is 39.7 Å². The molecule has 1 aliphatic heterocycles. The molecule has 3 rings (SSSR count). The summed E-state index contributed by atoms with van der Waals surface area (Å²) in [7, 11) is 0. The van der Waals surface area contributed by atoms with Gasteiger partial charge in [-0.15, -0.1) is 0 Å². The van der Waals surface area contributed by atoms with Crippen LogP contribution in [0.2, 0.25) is 0 Å². The number of amides is 2. The molecule has 5 heteroatoms. The molecule has 0 bridgehead atoms. The lowest BCUT2D eigenvalue weighted by Gasteiger charge is -2.17. The number of anilines is 2. The molecule has 1 heterocycles. The van der Waals surface area contributed by atoms with E-state index in [1.54, 1.807) is 24.3 Å². The number of nitrogens with zero attached hydrogens (tertiary/aromatic N) is 1. The first-order valence-corrected chi connectivity index (χ1v) is 8.93. The molecule has 1 unspecified atom stereocenters. The van der Waals surface area contributed by atoms with Gasteiger partial charge in [-0.1, -0.05) is 24.6 Å². The lowest BCUT2D eigenvalue weighted by atomic mass is 10.1. The summed E-state index contributed by atoms with van der Waals surface area (Å²) in [6.45, 7) is 6.70. The van der Waals surface area contributed by atoms with Gasteiger partial charge >= 0.3 is 0 Å². The Morgan fingerprint density at radius 3 is 2.50 bits per heavy atom. The minimum Gasteiger partial charge on any atom is -0.494 e. The molecule has 1 fully saturated rings. The summed E-state index contributed by atoms with van der Waals surface area (Å²) in [4.78, 5) is 26.4. The minimum absolute atomic E-state index is 0.153. The number of carbonyl (C=O) groups excluding carboxylic acids is 2. The number of hydrogen-bond acceptors (Lipinski definition) is 4. The highest BCUT2D eigenvalue weighted by Crippen LogP contribution is 2.27. The van der Waals surface area contributed by atoms with Gasteiger partial charge in [0.25, 0.3) is 5.91 Å². The van der Waals surface area contributed by atoms with Crippen molar-refractivity contribution in [1.29, 1.82) is 0 Å². The smallest absolute Gasteiger partial charge is 0.256 e. The molecule has 0 saturated carbocycles. The SMILES string of the molecule is CCCOc1ccc(N2C(=O)CC(Nc3ccc(C)cc3C)C2=O)cc1. The summed E-state index contributed by atoms with van der Waals surface area (Å²) in [5.74, 6) is 0.316. The van der Waals surface area contributed by atoms with Crippen molar-refractivity contribution < 1.29 is 14.3 Å². The highest BCUT2D eigenvalue weighted by atomic mass is 16.5. The van der Waals surface area contributed by atoms with Crippen molar-refractivity contribution in [3.05, 3.63) is 53.6 Å². The second-order valence-corrected chi connectivity index (χ2v) is 6.63. The van der Waals surface area contributed by atoms with Gasteiger partial charge in [-0.2, -0.15) is 0 Å². The van der Waals surface area contributed by atoms with Crippen molar-refractivity contribution >= 4 is 23.2 Å². The normalized spacial score (nSPS) is 16.9. The maximum Gasteiger partial charge on any atom is 0.256 e. The summed E-state index contributed by atoms with van der Waals surface area (Å²) < 4.78 is 5.55. The molecule has 26 heavy (non-hydrogen) atoms. The van der Waals surface area contributed by atoms with Crippen LogP contribution in [0.5, 0.6) is 5.75 Å². The summed E-state index contributed by atoms with van der Waals surface area (Å²) in [5.41, 5.74) is 3.68. The lowest BCUT2D eigenvalue weighted by molar-refractivity contribution is -0.121. The zero-order valence-electron chi connectivity index (χ0n) is 15.4. The summed E-state index contributed by atoms with van der Waals surface area (Å²) >= 11 is 0. The molecule has 1 atom stereocenters. The summed E-state index contributed by atoms with van der Waals surface area (Å²) in [6.07, 6.45) is 1.08. The fourth-order valence-corrected chi connectivity index (χ4v) is 3.09. The molecule has 2 aromatic carbocycles. The van der Waals surface area contributed by atoms with E-state index in [0.29, 0.717) is 12.3 Å². The van der Waals surface area contributed by atoms with Gasteiger partial charge in [0.2, 0.25) is 5.91 Å². The molecule has 136 valence electrons. The Balaban J connectivity index is 1.74. The fourth-order valence-electron chi connectivity index (χ4n) is 3.09. The second kappa shape index (κ2) is 7.60. The molecule has 2 aromatic rings.